The highest BCUT2D eigenvalue weighted by molar-refractivity contribution is 6.00. The van der Waals surface area contributed by atoms with Crippen molar-refractivity contribution in [3.8, 4) is 0 Å². The van der Waals surface area contributed by atoms with Crippen LogP contribution in [-0.2, 0) is 0 Å². The number of anilines is 4. The van der Waals surface area contributed by atoms with Gasteiger partial charge in [0.25, 0.3) is 0 Å². The Kier molecular flexibility index (Phi) is 9.02. The van der Waals surface area contributed by atoms with Crippen LogP contribution in [-0.4, -0.2) is 25.2 Å². The molecule has 4 amide bonds. The molecule has 0 aliphatic rings. The largest absolute Gasteiger partial charge is 0.334 e. The predicted molar refractivity (Wildman–Crippen MR) is 165 cm³/mol. The molecule has 6 nitrogen and oxygen atoms in total. The van der Waals surface area contributed by atoms with E-state index >= 15 is 0 Å². The van der Waals surface area contributed by atoms with Crippen LogP contribution in [0.1, 0.15) is 22.3 Å². The van der Waals surface area contributed by atoms with Crippen LogP contribution in [0.5, 0.6) is 0 Å². The third kappa shape index (κ3) is 7.17. The topological polar surface area (TPSA) is 64.7 Å². The van der Waals surface area contributed by atoms with Crippen LogP contribution in [0.15, 0.2) is 109 Å². The van der Waals surface area contributed by atoms with E-state index in [1.54, 1.807) is 9.80 Å². The van der Waals surface area contributed by atoms with Gasteiger partial charge in [-0.05, 0) is 81.8 Å². The molecule has 0 saturated heterocycles. The Morgan fingerprint density at radius 1 is 0.500 bits per heavy atom. The molecule has 0 spiro atoms. The highest BCUT2D eigenvalue weighted by atomic mass is 16.2. The fraction of sp³-hybridized carbons (Fsp3) is 0.176. The van der Waals surface area contributed by atoms with Crippen molar-refractivity contribution in [3.05, 3.63) is 131 Å². The molecule has 40 heavy (non-hydrogen) atoms. The molecule has 0 radical (unpaired) electrons. The van der Waals surface area contributed by atoms with Crippen molar-refractivity contribution in [2.45, 2.75) is 27.7 Å². The van der Waals surface area contributed by atoms with E-state index in [4.69, 9.17) is 0 Å². The van der Waals surface area contributed by atoms with Crippen molar-refractivity contribution in [3.63, 3.8) is 0 Å². The van der Waals surface area contributed by atoms with Gasteiger partial charge in [0.2, 0.25) is 0 Å². The number of benzene rings is 4. The number of nitrogens with one attached hydrogen (secondary N) is 2. The number of rotatable bonds is 8. The number of carbonyl (C=O) groups is 2. The van der Waals surface area contributed by atoms with Gasteiger partial charge in [-0.15, -0.1) is 0 Å². The molecule has 0 bridgehead atoms. The smallest absolute Gasteiger partial charge is 0.326 e. The molecule has 0 aromatic heterocycles. The average molecular weight is 533 g/mol. The molecule has 6 heteroatoms. The minimum absolute atomic E-state index is 0.211. The van der Waals surface area contributed by atoms with Crippen LogP contribution >= 0.6 is 0 Å². The van der Waals surface area contributed by atoms with Crippen LogP contribution in [0.2, 0.25) is 0 Å². The number of urea groups is 2. The lowest BCUT2D eigenvalue weighted by Gasteiger charge is -2.25. The van der Waals surface area contributed by atoms with Crippen molar-refractivity contribution in [1.29, 1.82) is 0 Å². The molecule has 0 saturated carbocycles. The zero-order valence-corrected chi connectivity index (χ0v) is 23.6. The summed E-state index contributed by atoms with van der Waals surface area (Å²) in [6, 6.07) is 30.7. The maximum atomic E-state index is 13.4. The second-order valence-electron chi connectivity index (χ2n) is 10.1. The maximum absolute atomic E-state index is 13.4. The third-order valence-electron chi connectivity index (χ3n) is 6.55. The molecule has 2 N–H and O–H groups in total. The van der Waals surface area contributed by atoms with E-state index in [0.29, 0.717) is 5.57 Å². The minimum Gasteiger partial charge on any atom is -0.334 e. The Morgan fingerprint density at radius 3 is 0.950 bits per heavy atom. The number of nitrogens with zero attached hydrogens (tertiary/aromatic N) is 2. The molecule has 0 fully saturated rings. The van der Waals surface area contributed by atoms with Crippen molar-refractivity contribution in [2.75, 3.05) is 22.9 Å². The van der Waals surface area contributed by atoms with Gasteiger partial charge in [-0.3, -0.25) is 9.80 Å². The quantitative estimate of drug-likeness (QED) is 0.227. The van der Waals surface area contributed by atoms with Gasteiger partial charge in [-0.25, -0.2) is 9.59 Å². The molecule has 0 atom stereocenters. The first-order chi connectivity index (χ1) is 19.2. The average Bonchev–Trinajstić information content (AvgIpc) is 2.95. The predicted octanol–water partition coefficient (Wildman–Crippen LogP) is 7.87. The summed E-state index contributed by atoms with van der Waals surface area (Å²) < 4.78 is 0. The van der Waals surface area contributed by atoms with Crippen LogP contribution in [0.25, 0.3) is 0 Å². The SMILES string of the molecule is C=C(CNC(=O)N(c1ccc(C)cc1)c1ccc(C)cc1)CNC(=O)N(c1ccc(C)cc1)c1ccc(C)cc1. The summed E-state index contributed by atoms with van der Waals surface area (Å²) >= 11 is 0. The van der Waals surface area contributed by atoms with Crippen LogP contribution in [0.4, 0.5) is 32.3 Å². The molecule has 4 aromatic carbocycles. The summed E-state index contributed by atoms with van der Waals surface area (Å²) in [4.78, 5) is 30.0. The first-order valence-electron chi connectivity index (χ1n) is 13.3. The molecule has 0 unspecified atom stereocenters. The third-order valence-corrected chi connectivity index (χ3v) is 6.55. The molecule has 0 aliphatic heterocycles. The molecule has 4 aromatic rings. The lowest BCUT2D eigenvalue weighted by molar-refractivity contribution is 0.249. The van der Waals surface area contributed by atoms with Gasteiger partial charge in [0, 0.05) is 13.1 Å². The lowest BCUT2D eigenvalue weighted by Crippen LogP contribution is -2.41. The summed E-state index contributed by atoms with van der Waals surface area (Å²) in [6.07, 6.45) is 0. The molecule has 0 aliphatic carbocycles. The number of hydrogen-bond acceptors (Lipinski definition) is 2. The van der Waals surface area contributed by atoms with E-state index in [9.17, 15) is 9.59 Å². The lowest BCUT2D eigenvalue weighted by atomic mass is 10.1. The highest BCUT2D eigenvalue weighted by Gasteiger charge is 2.20. The summed E-state index contributed by atoms with van der Waals surface area (Å²) in [6.45, 7) is 12.6. The maximum Gasteiger partial charge on any atom is 0.326 e. The van der Waals surface area contributed by atoms with Crippen molar-refractivity contribution in [1.82, 2.24) is 10.6 Å². The Balaban J connectivity index is 1.42. The second-order valence-corrected chi connectivity index (χ2v) is 10.1. The van der Waals surface area contributed by atoms with Gasteiger partial charge in [0.15, 0.2) is 0 Å². The number of hydrogen-bond donors (Lipinski definition) is 2. The molecular formula is C34H36N4O2. The van der Waals surface area contributed by atoms with Gasteiger partial charge in [0.05, 0.1) is 22.7 Å². The van der Waals surface area contributed by atoms with Crippen LogP contribution in [0, 0.1) is 27.7 Å². The van der Waals surface area contributed by atoms with Gasteiger partial charge >= 0.3 is 12.1 Å². The van der Waals surface area contributed by atoms with Crippen molar-refractivity contribution < 1.29 is 9.59 Å². The van der Waals surface area contributed by atoms with Crippen LogP contribution in [0.3, 0.4) is 0 Å². The highest BCUT2D eigenvalue weighted by Crippen LogP contribution is 2.27. The summed E-state index contributed by atoms with van der Waals surface area (Å²) in [7, 11) is 0. The van der Waals surface area contributed by atoms with Crippen LogP contribution < -0.4 is 20.4 Å². The van der Waals surface area contributed by atoms with Crippen molar-refractivity contribution in [2.24, 2.45) is 0 Å². The zero-order chi connectivity index (χ0) is 28.6. The van der Waals surface area contributed by atoms with E-state index in [-0.39, 0.29) is 25.2 Å². The monoisotopic (exact) mass is 532 g/mol. The van der Waals surface area contributed by atoms with E-state index in [1.807, 2.05) is 125 Å². The van der Waals surface area contributed by atoms with E-state index < -0.39 is 0 Å². The van der Waals surface area contributed by atoms with E-state index in [1.165, 1.54) is 0 Å². The first-order valence-corrected chi connectivity index (χ1v) is 13.3. The summed E-state index contributed by atoms with van der Waals surface area (Å²) in [5.41, 5.74) is 8.17. The molecule has 0 heterocycles. The Bertz CT molecular complexity index is 1250. The molecule has 4 rings (SSSR count). The normalized spacial score (nSPS) is 10.5. The Labute approximate surface area is 237 Å². The standard InChI is InChI=1S/C34H36N4O2/c1-24-6-14-29(15-7-24)37(30-16-8-25(2)9-17-30)33(39)35-22-28(5)23-36-34(40)38(31-18-10-26(3)11-19-31)32-20-12-27(4)13-21-32/h6-21H,5,22-23H2,1-4H3,(H,35,39)(H,36,40). The minimum atomic E-state index is -0.277. The fourth-order valence-electron chi connectivity index (χ4n) is 4.16. The Morgan fingerprint density at radius 2 is 0.725 bits per heavy atom. The Hall–Kier alpha value is -4.84. The van der Waals surface area contributed by atoms with E-state index in [2.05, 4.69) is 17.2 Å². The fourth-order valence-corrected chi connectivity index (χ4v) is 4.16. The van der Waals surface area contributed by atoms with Gasteiger partial charge in [-0.2, -0.15) is 0 Å². The number of carbonyl (C=O) groups excluding carboxylic acids is 2. The second kappa shape index (κ2) is 12.8. The number of aryl methyl sites for hydroxylation is 4. The van der Waals surface area contributed by atoms with E-state index in [0.717, 1.165) is 45.0 Å². The van der Waals surface area contributed by atoms with Gasteiger partial charge in [0.1, 0.15) is 0 Å². The summed E-state index contributed by atoms with van der Waals surface area (Å²) in [5, 5.41) is 5.92. The van der Waals surface area contributed by atoms with Gasteiger partial charge < -0.3 is 10.6 Å². The zero-order valence-electron chi connectivity index (χ0n) is 23.6. The van der Waals surface area contributed by atoms with Gasteiger partial charge in [-0.1, -0.05) is 77.4 Å². The first kappa shape index (κ1) is 28.2. The number of amides is 4. The summed E-state index contributed by atoms with van der Waals surface area (Å²) in [5.74, 6) is 0. The van der Waals surface area contributed by atoms with Crippen molar-refractivity contribution >= 4 is 34.8 Å². The molecular weight excluding hydrogens is 496 g/mol. The molecule has 204 valence electrons.